The summed E-state index contributed by atoms with van der Waals surface area (Å²) in [7, 11) is 0. The Balaban J connectivity index is 1.94. The molecule has 2 N–H and O–H groups in total. The lowest BCUT2D eigenvalue weighted by atomic mass is 10.2. The molecule has 0 bridgehead atoms. The fraction of sp³-hybridized carbons (Fsp3) is 0.133. The van der Waals surface area contributed by atoms with Crippen LogP contribution < -0.4 is 10.6 Å². The first-order valence-corrected chi connectivity index (χ1v) is 7.34. The maximum atomic E-state index is 11.9. The molecule has 0 aliphatic rings. The van der Waals surface area contributed by atoms with Crippen LogP contribution in [0.25, 0.3) is 0 Å². The van der Waals surface area contributed by atoms with Crippen LogP contribution in [0.1, 0.15) is 5.56 Å². The first kappa shape index (κ1) is 16.0. The topological polar surface area (TPSA) is 41.1 Å². The van der Waals surface area contributed by atoms with Crippen molar-refractivity contribution in [2.75, 3.05) is 17.2 Å². The molecule has 0 radical (unpaired) electrons. The van der Waals surface area contributed by atoms with E-state index >= 15 is 0 Å². The first-order valence-electron chi connectivity index (χ1n) is 6.20. The molecule has 0 aromatic heterocycles. The summed E-state index contributed by atoms with van der Waals surface area (Å²) in [6, 6.07) is 10.4. The Bertz CT molecular complexity index is 674. The number of hydrogen-bond donors (Lipinski definition) is 2. The minimum atomic E-state index is -0.194. The van der Waals surface area contributed by atoms with Gasteiger partial charge in [-0.2, -0.15) is 0 Å². The van der Waals surface area contributed by atoms with Crippen molar-refractivity contribution in [1.29, 1.82) is 0 Å². The van der Waals surface area contributed by atoms with Gasteiger partial charge in [0.25, 0.3) is 0 Å². The number of rotatable bonds is 4. The average Bonchev–Trinajstić information content (AvgIpc) is 2.42. The molecular formula is C15H13Cl3N2O. The molecule has 2 aromatic carbocycles. The van der Waals surface area contributed by atoms with Crippen molar-refractivity contribution in [3.63, 3.8) is 0 Å². The van der Waals surface area contributed by atoms with Gasteiger partial charge >= 0.3 is 0 Å². The molecule has 2 rings (SSSR count). The molecule has 0 saturated heterocycles. The number of halogens is 3. The van der Waals surface area contributed by atoms with Gasteiger partial charge in [0.1, 0.15) is 0 Å². The lowest BCUT2D eigenvalue weighted by molar-refractivity contribution is -0.114. The average molecular weight is 344 g/mol. The van der Waals surface area contributed by atoms with E-state index in [9.17, 15) is 4.79 Å². The summed E-state index contributed by atoms with van der Waals surface area (Å²) in [6.07, 6.45) is 0. The third kappa shape index (κ3) is 4.53. The van der Waals surface area contributed by atoms with Crippen LogP contribution >= 0.6 is 34.8 Å². The highest BCUT2D eigenvalue weighted by atomic mass is 35.5. The Labute approximate surface area is 138 Å². The van der Waals surface area contributed by atoms with Gasteiger partial charge in [0.2, 0.25) is 5.91 Å². The predicted molar refractivity (Wildman–Crippen MR) is 89.8 cm³/mol. The smallest absolute Gasteiger partial charge is 0.243 e. The van der Waals surface area contributed by atoms with E-state index in [0.29, 0.717) is 26.4 Å². The fourth-order valence-electron chi connectivity index (χ4n) is 1.68. The van der Waals surface area contributed by atoms with Gasteiger partial charge in [-0.15, -0.1) is 0 Å². The molecule has 2 aromatic rings. The highest BCUT2D eigenvalue weighted by Crippen LogP contribution is 2.25. The van der Waals surface area contributed by atoms with Gasteiger partial charge in [0.15, 0.2) is 0 Å². The van der Waals surface area contributed by atoms with Crippen LogP contribution in [0, 0.1) is 6.92 Å². The zero-order valence-corrected chi connectivity index (χ0v) is 13.5. The van der Waals surface area contributed by atoms with E-state index in [-0.39, 0.29) is 12.5 Å². The normalized spacial score (nSPS) is 10.3. The molecule has 1 amide bonds. The predicted octanol–water partition coefficient (Wildman–Crippen LogP) is 5.01. The third-order valence-electron chi connectivity index (χ3n) is 2.83. The third-order valence-corrected chi connectivity index (χ3v) is 3.78. The second-order valence-corrected chi connectivity index (χ2v) is 5.74. The van der Waals surface area contributed by atoms with Crippen LogP contribution in [-0.4, -0.2) is 12.5 Å². The SMILES string of the molecule is Cc1ccc(NC(=O)CNc2ccc(Cl)cc2Cl)cc1Cl. The van der Waals surface area contributed by atoms with Gasteiger partial charge in [-0.3, -0.25) is 4.79 Å². The standard InChI is InChI=1S/C15H13Cl3N2O/c1-9-2-4-11(7-12(9)17)20-15(21)8-19-14-5-3-10(16)6-13(14)18/h2-7,19H,8H2,1H3,(H,20,21). The van der Waals surface area contributed by atoms with E-state index in [2.05, 4.69) is 10.6 Å². The number of aryl methyl sites for hydroxylation is 1. The maximum Gasteiger partial charge on any atom is 0.243 e. The number of anilines is 2. The zero-order valence-electron chi connectivity index (χ0n) is 11.2. The lowest BCUT2D eigenvalue weighted by Crippen LogP contribution is -2.21. The summed E-state index contributed by atoms with van der Waals surface area (Å²) in [5, 5.41) is 7.33. The van der Waals surface area contributed by atoms with E-state index < -0.39 is 0 Å². The molecule has 0 saturated carbocycles. The van der Waals surface area contributed by atoms with Gasteiger partial charge in [0.05, 0.1) is 17.3 Å². The summed E-state index contributed by atoms with van der Waals surface area (Å²) in [4.78, 5) is 11.9. The van der Waals surface area contributed by atoms with Gasteiger partial charge < -0.3 is 10.6 Å². The van der Waals surface area contributed by atoms with Gasteiger partial charge in [-0.1, -0.05) is 40.9 Å². The zero-order chi connectivity index (χ0) is 15.4. The van der Waals surface area contributed by atoms with Crippen molar-refractivity contribution in [2.45, 2.75) is 6.92 Å². The molecule has 0 atom stereocenters. The van der Waals surface area contributed by atoms with E-state index in [1.54, 1.807) is 30.3 Å². The van der Waals surface area contributed by atoms with Gasteiger partial charge in [-0.05, 0) is 42.8 Å². The number of benzene rings is 2. The second kappa shape index (κ2) is 7.03. The molecule has 0 aliphatic heterocycles. The van der Waals surface area contributed by atoms with E-state index in [1.165, 1.54) is 0 Å². The second-order valence-electron chi connectivity index (χ2n) is 4.49. The van der Waals surface area contributed by atoms with Crippen LogP contribution in [0.3, 0.4) is 0 Å². The quantitative estimate of drug-likeness (QED) is 0.819. The van der Waals surface area contributed by atoms with E-state index in [0.717, 1.165) is 5.56 Å². The van der Waals surface area contributed by atoms with Crippen molar-refractivity contribution in [2.24, 2.45) is 0 Å². The largest absolute Gasteiger partial charge is 0.375 e. The molecule has 0 heterocycles. The van der Waals surface area contributed by atoms with Crippen molar-refractivity contribution in [1.82, 2.24) is 0 Å². The Morgan fingerprint density at radius 1 is 1.05 bits per heavy atom. The molecule has 0 spiro atoms. The van der Waals surface area contributed by atoms with Crippen LogP contribution in [0.2, 0.25) is 15.1 Å². The molecule has 21 heavy (non-hydrogen) atoms. The van der Waals surface area contributed by atoms with Crippen molar-refractivity contribution in [3.8, 4) is 0 Å². The Morgan fingerprint density at radius 2 is 1.81 bits per heavy atom. The van der Waals surface area contributed by atoms with E-state index in [4.69, 9.17) is 34.8 Å². The van der Waals surface area contributed by atoms with Crippen LogP contribution in [-0.2, 0) is 4.79 Å². The summed E-state index contributed by atoms with van der Waals surface area (Å²) < 4.78 is 0. The van der Waals surface area contributed by atoms with Gasteiger partial charge in [0, 0.05) is 15.7 Å². The number of hydrogen-bond acceptors (Lipinski definition) is 2. The summed E-state index contributed by atoms with van der Waals surface area (Å²) in [6.45, 7) is 1.99. The molecule has 6 heteroatoms. The highest BCUT2D eigenvalue weighted by molar-refractivity contribution is 6.36. The van der Waals surface area contributed by atoms with E-state index in [1.807, 2.05) is 13.0 Å². The monoisotopic (exact) mass is 342 g/mol. The molecular weight excluding hydrogens is 331 g/mol. The molecule has 0 unspecified atom stereocenters. The minimum absolute atomic E-state index is 0.0901. The fourth-order valence-corrected chi connectivity index (χ4v) is 2.34. The van der Waals surface area contributed by atoms with Crippen molar-refractivity contribution in [3.05, 3.63) is 57.0 Å². The summed E-state index contributed by atoms with van der Waals surface area (Å²) in [5.74, 6) is -0.194. The Kier molecular flexibility index (Phi) is 5.34. The summed E-state index contributed by atoms with van der Waals surface area (Å²) in [5.41, 5.74) is 2.26. The Morgan fingerprint density at radius 3 is 2.48 bits per heavy atom. The highest BCUT2D eigenvalue weighted by Gasteiger charge is 2.06. The van der Waals surface area contributed by atoms with Crippen molar-refractivity contribution < 1.29 is 4.79 Å². The number of nitrogens with one attached hydrogen (secondary N) is 2. The van der Waals surface area contributed by atoms with Crippen LogP contribution in [0.5, 0.6) is 0 Å². The number of carbonyl (C=O) groups is 1. The minimum Gasteiger partial charge on any atom is -0.375 e. The maximum absolute atomic E-state index is 11.9. The van der Waals surface area contributed by atoms with Crippen molar-refractivity contribution >= 4 is 52.1 Å². The molecule has 0 aliphatic carbocycles. The molecule has 110 valence electrons. The molecule has 3 nitrogen and oxygen atoms in total. The van der Waals surface area contributed by atoms with Crippen LogP contribution in [0.15, 0.2) is 36.4 Å². The number of amides is 1. The molecule has 0 fully saturated rings. The van der Waals surface area contributed by atoms with Gasteiger partial charge in [-0.25, -0.2) is 0 Å². The first-order chi connectivity index (χ1) is 9.95. The number of carbonyl (C=O) groups excluding carboxylic acids is 1. The summed E-state index contributed by atoms with van der Waals surface area (Å²) >= 11 is 17.8. The lowest BCUT2D eigenvalue weighted by Gasteiger charge is -2.10. The van der Waals surface area contributed by atoms with Crippen LogP contribution in [0.4, 0.5) is 11.4 Å². The Hall–Kier alpha value is -1.42.